The first kappa shape index (κ1) is 11.3. The van der Waals surface area contributed by atoms with Crippen molar-refractivity contribution >= 4 is 27.5 Å². The van der Waals surface area contributed by atoms with Crippen molar-refractivity contribution in [1.82, 2.24) is 0 Å². The van der Waals surface area contributed by atoms with Gasteiger partial charge in [0.05, 0.1) is 5.75 Å². The molecular weight excluding hydrogens is 220 g/mol. The zero-order chi connectivity index (χ0) is 10.6. The van der Waals surface area contributed by atoms with Crippen molar-refractivity contribution in [2.45, 2.75) is 6.92 Å². The van der Waals surface area contributed by atoms with E-state index >= 15 is 0 Å². The van der Waals surface area contributed by atoms with Gasteiger partial charge in [0.25, 0.3) is 0 Å². The second-order valence-electron chi connectivity index (χ2n) is 2.81. The molecule has 1 aromatic carbocycles. The predicted molar refractivity (Wildman–Crippen MR) is 59.9 cm³/mol. The standard InChI is InChI=1S/C10H11ClO2S/c1-2-14(12,13)8-7-9-3-5-10(11)6-4-9/h3-8H,2H2,1H3/b8-7+. The van der Waals surface area contributed by atoms with Gasteiger partial charge < -0.3 is 0 Å². The molecule has 1 rings (SSSR count). The molecule has 0 atom stereocenters. The van der Waals surface area contributed by atoms with Crippen molar-refractivity contribution < 1.29 is 8.42 Å². The van der Waals surface area contributed by atoms with Crippen molar-refractivity contribution in [1.29, 1.82) is 0 Å². The maximum absolute atomic E-state index is 11.1. The van der Waals surface area contributed by atoms with Crippen LogP contribution in [0.1, 0.15) is 12.5 Å². The molecule has 0 amide bonds. The molecule has 0 bridgehead atoms. The highest BCUT2D eigenvalue weighted by atomic mass is 35.5. The highest BCUT2D eigenvalue weighted by molar-refractivity contribution is 7.94. The van der Waals surface area contributed by atoms with E-state index < -0.39 is 9.84 Å². The lowest BCUT2D eigenvalue weighted by Gasteiger charge is -1.94. The van der Waals surface area contributed by atoms with Gasteiger partial charge in [-0.3, -0.25) is 0 Å². The minimum Gasteiger partial charge on any atom is -0.224 e. The summed E-state index contributed by atoms with van der Waals surface area (Å²) in [6, 6.07) is 6.98. The molecule has 4 heteroatoms. The van der Waals surface area contributed by atoms with E-state index in [4.69, 9.17) is 11.6 Å². The van der Waals surface area contributed by atoms with Crippen molar-refractivity contribution in [3.63, 3.8) is 0 Å². The van der Waals surface area contributed by atoms with Gasteiger partial charge in [0, 0.05) is 10.4 Å². The highest BCUT2D eigenvalue weighted by Crippen LogP contribution is 2.11. The molecule has 0 heterocycles. The summed E-state index contributed by atoms with van der Waals surface area (Å²) in [7, 11) is -3.04. The first-order valence-corrected chi connectivity index (χ1v) is 6.29. The summed E-state index contributed by atoms with van der Waals surface area (Å²) >= 11 is 5.69. The average Bonchev–Trinajstić information content (AvgIpc) is 2.17. The molecule has 14 heavy (non-hydrogen) atoms. The van der Waals surface area contributed by atoms with Crippen LogP contribution in [0.3, 0.4) is 0 Å². The smallest absolute Gasteiger partial charge is 0.171 e. The van der Waals surface area contributed by atoms with Crippen LogP contribution in [-0.2, 0) is 9.84 Å². The largest absolute Gasteiger partial charge is 0.224 e. The molecule has 0 N–H and O–H groups in total. The van der Waals surface area contributed by atoms with Crippen LogP contribution < -0.4 is 0 Å². The first-order chi connectivity index (χ1) is 6.53. The molecular formula is C10H11ClO2S. The van der Waals surface area contributed by atoms with E-state index in [1.165, 1.54) is 5.41 Å². The fourth-order valence-electron chi connectivity index (χ4n) is 0.852. The molecule has 0 saturated carbocycles. The molecule has 0 aliphatic carbocycles. The van der Waals surface area contributed by atoms with Gasteiger partial charge in [-0.1, -0.05) is 30.7 Å². The molecule has 2 nitrogen and oxygen atoms in total. The highest BCUT2D eigenvalue weighted by Gasteiger charge is 1.99. The molecule has 1 aromatic rings. The zero-order valence-electron chi connectivity index (χ0n) is 7.77. The Morgan fingerprint density at radius 1 is 1.29 bits per heavy atom. The molecule has 76 valence electrons. The number of sulfone groups is 1. The van der Waals surface area contributed by atoms with Gasteiger partial charge in [0.1, 0.15) is 0 Å². The van der Waals surface area contributed by atoms with E-state index in [1.807, 2.05) is 0 Å². The fourth-order valence-corrected chi connectivity index (χ4v) is 1.54. The molecule has 0 radical (unpaired) electrons. The Labute approximate surface area is 89.1 Å². The zero-order valence-corrected chi connectivity index (χ0v) is 9.35. The van der Waals surface area contributed by atoms with Crippen LogP contribution in [-0.4, -0.2) is 14.2 Å². The van der Waals surface area contributed by atoms with E-state index in [-0.39, 0.29) is 5.75 Å². The van der Waals surface area contributed by atoms with E-state index in [1.54, 1.807) is 37.3 Å². The SMILES string of the molecule is CCS(=O)(=O)/C=C/c1ccc(Cl)cc1. The van der Waals surface area contributed by atoms with Crippen molar-refractivity contribution in [2.24, 2.45) is 0 Å². The van der Waals surface area contributed by atoms with Crippen LogP contribution >= 0.6 is 11.6 Å². The van der Waals surface area contributed by atoms with E-state index in [2.05, 4.69) is 0 Å². The third-order valence-electron chi connectivity index (χ3n) is 1.74. The number of rotatable bonds is 3. The lowest BCUT2D eigenvalue weighted by molar-refractivity contribution is 0.606. The Morgan fingerprint density at radius 3 is 2.36 bits per heavy atom. The van der Waals surface area contributed by atoms with Crippen LogP contribution in [0.15, 0.2) is 29.7 Å². The Morgan fingerprint density at radius 2 is 1.86 bits per heavy atom. The minimum absolute atomic E-state index is 0.122. The Balaban J connectivity index is 2.84. The summed E-state index contributed by atoms with van der Waals surface area (Å²) in [6.45, 7) is 1.61. The molecule has 0 aliphatic rings. The van der Waals surface area contributed by atoms with Gasteiger partial charge in [0.2, 0.25) is 0 Å². The quantitative estimate of drug-likeness (QED) is 0.800. The second-order valence-corrected chi connectivity index (χ2v) is 5.42. The van der Waals surface area contributed by atoms with Gasteiger partial charge in [-0.15, -0.1) is 0 Å². The van der Waals surface area contributed by atoms with E-state index in [9.17, 15) is 8.42 Å². The molecule has 0 fully saturated rings. The molecule has 0 saturated heterocycles. The van der Waals surface area contributed by atoms with Crippen LogP contribution in [0, 0.1) is 0 Å². The lowest BCUT2D eigenvalue weighted by Crippen LogP contribution is -1.96. The topological polar surface area (TPSA) is 34.1 Å². The maximum Gasteiger partial charge on any atom is 0.171 e. The van der Waals surface area contributed by atoms with E-state index in [0.29, 0.717) is 5.02 Å². The van der Waals surface area contributed by atoms with Gasteiger partial charge in [0.15, 0.2) is 9.84 Å². The van der Waals surface area contributed by atoms with Gasteiger partial charge >= 0.3 is 0 Å². The molecule has 0 aliphatic heterocycles. The van der Waals surface area contributed by atoms with Crippen LogP contribution in [0.2, 0.25) is 5.02 Å². The summed E-state index contributed by atoms with van der Waals surface area (Å²) in [5.74, 6) is 0.122. The van der Waals surface area contributed by atoms with Crippen LogP contribution in [0.25, 0.3) is 6.08 Å². The Hall–Kier alpha value is -0.800. The predicted octanol–water partition coefficient (Wildman–Crippen LogP) is 2.75. The number of benzene rings is 1. The number of hydrogen-bond donors (Lipinski definition) is 0. The summed E-state index contributed by atoms with van der Waals surface area (Å²) in [5.41, 5.74) is 0.825. The number of hydrogen-bond acceptors (Lipinski definition) is 2. The molecule has 0 unspecified atom stereocenters. The fraction of sp³-hybridized carbons (Fsp3) is 0.200. The van der Waals surface area contributed by atoms with E-state index in [0.717, 1.165) is 5.56 Å². The monoisotopic (exact) mass is 230 g/mol. The summed E-state index contributed by atoms with van der Waals surface area (Å²) in [6.07, 6.45) is 1.56. The van der Waals surface area contributed by atoms with Crippen molar-refractivity contribution in [3.05, 3.63) is 40.3 Å². The summed E-state index contributed by atoms with van der Waals surface area (Å²) in [5, 5.41) is 1.86. The van der Waals surface area contributed by atoms with Crippen LogP contribution in [0.4, 0.5) is 0 Å². The Kier molecular flexibility index (Phi) is 3.72. The molecule has 0 spiro atoms. The number of halogens is 1. The van der Waals surface area contributed by atoms with Gasteiger partial charge in [-0.2, -0.15) is 0 Å². The summed E-state index contributed by atoms with van der Waals surface area (Å²) in [4.78, 5) is 0. The lowest BCUT2D eigenvalue weighted by atomic mass is 10.2. The third kappa shape index (κ3) is 3.52. The third-order valence-corrected chi connectivity index (χ3v) is 3.35. The average molecular weight is 231 g/mol. The van der Waals surface area contributed by atoms with Crippen molar-refractivity contribution in [3.8, 4) is 0 Å². The van der Waals surface area contributed by atoms with Crippen LogP contribution in [0.5, 0.6) is 0 Å². The molecule has 0 aromatic heterocycles. The van der Waals surface area contributed by atoms with Gasteiger partial charge in [-0.25, -0.2) is 8.42 Å². The normalized spacial score (nSPS) is 12.1. The Bertz CT molecular complexity index is 418. The maximum atomic E-state index is 11.1. The summed E-state index contributed by atoms with van der Waals surface area (Å²) < 4.78 is 22.3. The van der Waals surface area contributed by atoms with Crippen molar-refractivity contribution in [2.75, 3.05) is 5.75 Å². The second kappa shape index (κ2) is 4.62. The minimum atomic E-state index is -3.04. The van der Waals surface area contributed by atoms with Gasteiger partial charge in [-0.05, 0) is 23.8 Å². The first-order valence-electron chi connectivity index (χ1n) is 4.20.